The smallest absolute Gasteiger partial charge is 0.332 e. The molecule has 7 nitrogen and oxygen atoms in total. The van der Waals surface area contributed by atoms with Gasteiger partial charge in [0.25, 0.3) is 0 Å². The maximum Gasteiger partial charge on any atom is 0.332 e. The lowest BCUT2D eigenvalue weighted by Crippen LogP contribution is -2.40. The molecule has 1 aromatic rings. The number of anilines is 1. The van der Waals surface area contributed by atoms with Gasteiger partial charge >= 0.3 is 5.69 Å². The predicted molar refractivity (Wildman–Crippen MR) is 65.9 cm³/mol. The van der Waals surface area contributed by atoms with Crippen LogP contribution in [0.1, 0.15) is 18.5 Å². The first-order valence-corrected chi connectivity index (χ1v) is 5.87. The fourth-order valence-corrected chi connectivity index (χ4v) is 2.13. The van der Waals surface area contributed by atoms with Crippen molar-refractivity contribution >= 4 is 23.1 Å². The van der Waals surface area contributed by atoms with E-state index in [-0.39, 0.29) is 34.6 Å². The summed E-state index contributed by atoms with van der Waals surface area (Å²) < 4.78 is 5.15. The van der Waals surface area contributed by atoms with Gasteiger partial charge in [0.05, 0.1) is 11.0 Å². The molecule has 98 valence electrons. The van der Waals surface area contributed by atoms with Crippen LogP contribution in [-0.2, 0) is 4.74 Å². The third-order valence-corrected chi connectivity index (χ3v) is 3.15. The Morgan fingerprint density at radius 3 is 2.72 bits per heavy atom. The van der Waals surface area contributed by atoms with Gasteiger partial charge in [-0.1, -0.05) is 0 Å². The second-order valence-corrected chi connectivity index (χ2v) is 4.54. The Morgan fingerprint density at radius 1 is 1.50 bits per heavy atom. The molecule has 18 heavy (non-hydrogen) atoms. The molecule has 0 bridgehead atoms. The van der Waals surface area contributed by atoms with Crippen molar-refractivity contribution in [3.05, 3.63) is 21.1 Å². The highest BCUT2D eigenvalue weighted by Crippen LogP contribution is 2.31. The van der Waals surface area contributed by atoms with Gasteiger partial charge in [-0.2, -0.15) is 4.98 Å². The molecule has 0 spiro atoms. The first kappa shape index (κ1) is 13.0. The van der Waals surface area contributed by atoms with Gasteiger partial charge in [0.1, 0.15) is 5.69 Å². The normalized spacial score (nSPS) is 22.4. The van der Waals surface area contributed by atoms with Crippen molar-refractivity contribution in [2.75, 3.05) is 12.4 Å². The van der Waals surface area contributed by atoms with E-state index in [4.69, 9.17) is 16.3 Å². The van der Waals surface area contributed by atoms with E-state index < -0.39 is 4.92 Å². The monoisotopic (exact) mass is 272 g/mol. The minimum atomic E-state index is -0.500. The van der Waals surface area contributed by atoms with Gasteiger partial charge in [-0.3, -0.25) is 10.1 Å². The number of nitrogens with one attached hydrogen (secondary N) is 1. The molecule has 1 saturated carbocycles. The highest BCUT2D eigenvalue weighted by atomic mass is 35.5. The predicted octanol–water partition coefficient (Wildman–Crippen LogP) is 1.94. The van der Waals surface area contributed by atoms with Crippen LogP contribution in [-0.4, -0.2) is 34.1 Å². The van der Waals surface area contributed by atoms with Crippen molar-refractivity contribution in [2.24, 2.45) is 0 Å². The summed E-state index contributed by atoms with van der Waals surface area (Å²) in [5.74, 6) is 0.178. The number of aryl methyl sites for hydroxylation is 1. The van der Waals surface area contributed by atoms with Gasteiger partial charge in [0.2, 0.25) is 11.1 Å². The fourth-order valence-electron chi connectivity index (χ4n) is 1.92. The molecule has 0 radical (unpaired) electrons. The summed E-state index contributed by atoms with van der Waals surface area (Å²) in [6, 6.07) is 0.124. The number of aromatic nitrogens is 2. The Labute approximate surface area is 109 Å². The van der Waals surface area contributed by atoms with Crippen LogP contribution in [0.25, 0.3) is 0 Å². The number of hydrogen-bond acceptors (Lipinski definition) is 6. The van der Waals surface area contributed by atoms with Gasteiger partial charge in [0.15, 0.2) is 0 Å². The van der Waals surface area contributed by atoms with Crippen LogP contribution in [0.3, 0.4) is 0 Å². The molecule has 0 aliphatic heterocycles. The summed E-state index contributed by atoms with van der Waals surface area (Å²) in [5, 5.41) is 14.0. The zero-order chi connectivity index (χ0) is 13.3. The Kier molecular flexibility index (Phi) is 3.63. The number of rotatable bonds is 4. The van der Waals surface area contributed by atoms with Crippen LogP contribution < -0.4 is 5.32 Å². The van der Waals surface area contributed by atoms with E-state index in [0.717, 1.165) is 12.8 Å². The molecule has 1 aliphatic rings. The number of halogens is 1. The molecular weight excluding hydrogens is 260 g/mol. The quantitative estimate of drug-likeness (QED) is 0.512. The van der Waals surface area contributed by atoms with E-state index in [1.165, 1.54) is 6.92 Å². The van der Waals surface area contributed by atoms with Crippen LogP contribution in [0.15, 0.2) is 0 Å². The molecule has 0 atom stereocenters. The van der Waals surface area contributed by atoms with Crippen molar-refractivity contribution < 1.29 is 9.66 Å². The average molecular weight is 273 g/mol. The van der Waals surface area contributed by atoms with Crippen molar-refractivity contribution in [1.82, 2.24) is 9.97 Å². The number of ether oxygens (including phenoxy) is 1. The van der Waals surface area contributed by atoms with Crippen molar-refractivity contribution in [3.8, 4) is 0 Å². The maximum atomic E-state index is 11.0. The summed E-state index contributed by atoms with van der Waals surface area (Å²) in [7, 11) is 1.65. The highest BCUT2D eigenvalue weighted by Gasteiger charge is 2.32. The van der Waals surface area contributed by atoms with Gasteiger partial charge in [0, 0.05) is 13.2 Å². The summed E-state index contributed by atoms with van der Waals surface area (Å²) >= 11 is 5.72. The van der Waals surface area contributed by atoms with E-state index in [1.807, 2.05) is 0 Å². The molecule has 1 heterocycles. The molecule has 0 saturated heterocycles. The zero-order valence-electron chi connectivity index (χ0n) is 10.0. The van der Waals surface area contributed by atoms with E-state index >= 15 is 0 Å². The van der Waals surface area contributed by atoms with Gasteiger partial charge in [-0.25, -0.2) is 4.98 Å². The standard InChI is InChI=1S/C10H13ClN4O3/c1-5-8(15(16)17)9(14-10(11)12-5)13-6-3-7(4-6)18-2/h6-7H,3-4H2,1-2H3,(H,12,13,14). The maximum absolute atomic E-state index is 11.0. The van der Waals surface area contributed by atoms with Crippen LogP contribution >= 0.6 is 11.6 Å². The van der Waals surface area contributed by atoms with Gasteiger partial charge < -0.3 is 10.1 Å². The number of methoxy groups -OCH3 is 1. The molecule has 0 unspecified atom stereocenters. The Balaban J connectivity index is 2.19. The van der Waals surface area contributed by atoms with Crippen LogP contribution in [0.2, 0.25) is 5.28 Å². The van der Waals surface area contributed by atoms with E-state index in [1.54, 1.807) is 7.11 Å². The third kappa shape index (κ3) is 2.51. The lowest BCUT2D eigenvalue weighted by molar-refractivity contribution is -0.385. The first-order valence-electron chi connectivity index (χ1n) is 5.49. The molecule has 1 aliphatic carbocycles. The van der Waals surface area contributed by atoms with E-state index in [9.17, 15) is 10.1 Å². The van der Waals surface area contributed by atoms with Crippen LogP contribution in [0.5, 0.6) is 0 Å². The summed E-state index contributed by atoms with van der Waals surface area (Å²) in [4.78, 5) is 18.2. The lowest BCUT2D eigenvalue weighted by atomic mass is 9.89. The van der Waals surface area contributed by atoms with Gasteiger partial charge in [-0.05, 0) is 31.4 Å². The Bertz CT molecular complexity index is 476. The second kappa shape index (κ2) is 5.03. The van der Waals surface area contributed by atoms with Crippen molar-refractivity contribution in [2.45, 2.75) is 31.9 Å². The molecule has 0 aromatic carbocycles. The van der Waals surface area contributed by atoms with E-state index in [0.29, 0.717) is 0 Å². The minimum absolute atomic E-state index is 0.00298. The largest absolute Gasteiger partial charge is 0.381 e. The highest BCUT2D eigenvalue weighted by molar-refractivity contribution is 6.28. The lowest BCUT2D eigenvalue weighted by Gasteiger charge is -2.34. The minimum Gasteiger partial charge on any atom is -0.381 e. The fraction of sp³-hybridized carbons (Fsp3) is 0.600. The molecule has 1 fully saturated rings. The molecule has 2 rings (SSSR count). The first-order chi connectivity index (χ1) is 8.51. The molecule has 1 aromatic heterocycles. The molecule has 0 amide bonds. The summed E-state index contributed by atoms with van der Waals surface area (Å²) in [5.41, 5.74) is 0.130. The topological polar surface area (TPSA) is 90.2 Å². The Hall–Kier alpha value is -1.47. The molecule has 8 heteroatoms. The summed E-state index contributed by atoms with van der Waals surface area (Å²) in [6.07, 6.45) is 1.81. The SMILES string of the molecule is COC1CC(Nc2nc(Cl)nc(C)c2[N+](=O)[O-])C1. The van der Waals surface area contributed by atoms with Gasteiger partial charge in [-0.15, -0.1) is 0 Å². The second-order valence-electron chi connectivity index (χ2n) is 4.20. The van der Waals surface area contributed by atoms with Crippen LogP contribution in [0.4, 0.5) is 11.5 Å². The van der Waals surface area contributed by atoms with Crippen LogP contribution in [0, 0.1) is 17.0 Å². The number of nitrogens with zero attached hydrogens (tertiary/aromatic N) is 3. The number of nitro groups is 1. The Morgan fingerprint density at radius 2 is 2.17 bits per heavy atom. The zero-order valence-corrected chi connectivity index (χ0v) is 10.8. The number of hydrogen-bond donors (Lipinski definition) is 1. The van der Waals surface area contributed by atoms with E-state index in [2.05, 4.69) is 15.3 Å². The molecular formula is C10H13ClN4O3. The third-order valence-electron chi connectivity index (χ3n) is 2.98. The average Bonchev–Trinajstić information content (AvgIpc) is 2.20. The summed E-state index contributed by atoms with van der Waals surface area (Å²) in [6.45, 7) is 1.54. The molecule has 1 N–H and O–H groups in total. The van der Waals surface area contributed by atoms with Crippen molar-refractivity contribution in [1.29, 1.82) is 0 Å². The van der Waals surface area contributed by atoms with Crippen molar-refractivity contribution in [3.63, 3.8) is 0 Å².